The molecule has 0 aromatic rings. The van der Waals surface area contributed by atoms with Crippen LogP contribution in [0.15, 0.2) is 0 Å². The van der Waals surface area contributed by atoms with E-state index < -0.39 is 18.1 Å². The van der Waals surface area contributed by atoms with Crippen LogP contribution < -0.4 is 4.72 Å². The van der Waals surface area contributed by atoms with Crippen LogP contribution in [0.5, 0.6) is 0 Å². The standard InChI is InChI=1S/C6H12N2O4S/c1-8(2)4(5(9)10)3-13-7-6(11)12/h4,7H,3H2,1-2H3,(H,9,10)(H,11,12)/t4-/m0/s1. The summed E-state index contributed by atoms with van der Waals surface area (Å²) in [6, 6.07) is -0.683. The Bertz CT molecular complexity index is 197. The van der Waals surface area contributed by atoms with Crippen LogP contribution in [0, 0.1) is 0 Å². The predicted octanol–water partition coefficient (Wildman–Crippen LogP) is -0.0830. The summed E-state index contributed by atoms with van der Waals surface area (Å²) in [6.07, 6.45) is -1.17. The molecule has 1 amide bonds. The number of nitrogens with one attached hydrogen (secondary N) is 1. The second kappa shape index (κ2) is 5.65. The summed E-state index contributed by atoms with van der Waals surface area (Å²) < 4.78 is 2.03. The molecule has 3 N–H and O–H groups in total. The van der Waals surface area contributed by atoms with Crippen molar-refractivity contribution in [3.8, 4) is 0 Å². The van der Waals surface area contributed by atoms with Crippen molar-refractivity contribution in [2.45, 2.75) is 6.04 Å². The molecule has 0 aliphatic rings. The fourth-order valence-electron chi connectivity index (χ4n) is 0.624. The predicted molar refractivity (Wildman–Crippen MR) is 48.7 cm³/mol. The summed E-state index contributed by atoms with van der Waals surface area (Å²) in [5.41, 5.74) is 0. The number of hydrogen-bond donors (Lipinski definition) is 3. The highest BCUT2D eigenvalue weighted by Crippen LogP contribution is 2.02. The molecular weight excluding hydrogens is 196 g/mol. The van der Waals surface area contributed by atoms with E-state index in [2.05, 4.69) is 0 Å². The Hall–Kier alpha value is -0.950. The molecule has 0 radical (unpaired) electrons. The van der Waals surface area contributed by atoms with Gasteiger partial charge in [0.05, 0.1) is 0 Å². The number of carboxylic acid groups (broad SMARTS) is 2. The lowest BCUT2D eigenvalue weighted by molar-refractivity contribution is -0.141. The molecule has 0 fully saturated rings. The molecule has 76 valence electrons. The number of rotatable bonds is 5. The first kappa shape index (κ1) is 12.0. The number of amides is 1. The van der Waals surface area contributed by atoms with E-state index in [1.165, 1.54) is 4.90 Å². The van der Waals surface area contributed by atoms with Gasteiger partial charge in [-0.1, -0.05) is 0 Å². The third-order valence-electron chi connectivity index (χ3n) is 1.31. The molecule has 7 heteroatoms. The number of likely N-dealkylation sites (N-methyl/N-ethyl adjacent to an activating group) is 1. The van der Waals surface area contributed by atoms with Gasteiger partial charge in [-0.15, -0.1) is 0 Å². The van der Waals surface area contributed by atoms with Crippen LogP contribution in [-0.2, 0) is 4.79 Å². The van der Waals surface area contributed by atoms with E-state index in [9.17, 15) is 9.59 Å². The maximum atomic E-state index is 10.6. The summed E-state index contributed by atoms with van der Waals surface area (Å²) in [7, 11) is 3.25. The van der Waals surface area contributed by atoms with Gasteiger partial charge >= 0.3 is 12.1 Å². The topological polar surface area (TPSA) is 89.9 Å². The number of nitrogens with zero attached hydrogens (tertiary/aromatic N) is 1. The third kappa shape index (κ3) is 5.31. The minimum absolute atomic E-state index is 0.175. The lowest BCUT2D eigenvalue weighted by Crippen LogP contribution is -2.38. The highest BCUT2D eigenvalue weighted by atomic mass is 32.2. The van der Waals surface area contributed by atoms with Crippen LogP contribution in [0.3, 0.4) is 0 Å². The maximum absolute atomic E-state index is 10.6. The first-order chi connectivity index (χ1) is 5.95. The zero-order valence-corrected chi connectivity index (χ0v) is 8.17. The first-order valence-electron chi connectivity index (χ1n) is 3.45. The van der Waals surface area contributed by atoms with E-state index in [4.69, 9.17) is 10.2 Å². The number of carbonyl (C=O) groups is 2. The van der Waals surface area contributed by atoms with E-state index in [1.807, 2.05) is 4.72 Å². The van der Waals surface area contributed by atoms with Gasteiger partial charge < -0.3 is 10.2 Å². The van der Waals surface area contributed by atoms with Gasteiger partial charge in [-0.05, 0) is 26.0 Å². The fraction of sp³-hybridized carbons (Fsp3) is 0.667. The van der Waals surface area contributed by atoms with E-state index >= 15 is 0 Å². The molecule has 0 bridgehead atoms. The highest BCUT2D eigenvalue weighted by molar-refractivity contribution is 7.97. The Balaban J connectivity index is 3.84. The van der Waals surface area contributed by atoms with E-state index in [-0.39, 0.29) is 5.75 Å². The average Bonchev–Trinajstić information content (AvgIpc) is 1.95. The molecule has 0 rings (SSSR count). The van der Waals surface area contributed by atoms with Crippen LogP contribution in [0.1, 0.15) is 0 Å². The minimum Gasteiger partial charge on any atom is -0.480 e. The van der Waals surface area contributed by atoms with Crippen LogP contribution in [0.4, 0.5) is 4.79 Å². The highest BCUT2D eigenvalue weighted by Gasteiger charge is 2.19. The molecule has 0 saturated heterocycles. The van der Waals surface area contributed by atoms with Gasteiger partial charge in [0.25, 0.3) is 0 Å². The zero-order valence-electron chi connectivity index (χ0n) is 7.35. The Labute approximate surface area is 80.0 Å². The largest absolute Gasteiger partial charge is 0.480 e. The Morgan fingerprint density at radius 1 is 1.46 bits per heavy atom. The molecule has 0 aromatic heterocycles. The molecule has 0 aromatic carbocycles. The van der Waals surface area contributed by atoms with Gasteiger partial charge in [-0.25, -0.2) is 4.79 Å². The SMILES string of the molecule is CN(C)[C@@H](CSNC(=O)O)C(=O)O. The van der Waals surface area contributed by atoms with Gasteiger partial charge in [-0.2, -0.15) is 0 Å². The van der Waals surface area contributed by atoms with Gasteiger partial charge in [0, 0.05) is 5.75 Å². The zero-order chi connectivity index (χ0) is 10.4. The lowest BCUT2D eigenvalue weighted by Gasteiger charge is -2.18. The molecule has 0 spiro atoms. The summed E-state index contributed by atoms with van der Waals surface area (Å²) in [4.78, 5) is 22.1. The molecule has 1 atom stereocenters. The first-order valence-corrected chi connectivity index (χ1v) is 4.43. The smallest absolute Gasteiger partial charge is 0.414 e. The van der Waals surface area contributed by atoms with Crippen molar-refractivity contribution in [2.75, 3.05) is 19.8 Å². The minimum atomic E-state index is -1.17. The van der Waals surface area contributed by atoms with Crippen LogP contribution in [0.25, 0.3) is 0 Å². The van der Waals surface area contributed by atoms with Gasteiger partial charge in [-0.3, -0.25) is 14.4 Å². The van der Waals surface area contributed by atoms with E-state index in [0.717, 1.165) is 11.9 Å². The van der Waals surface area contributed by atoms with Crippen molar-refractivity contribution in [3.05, 3.63) is 0 Å². The summed E-state index contributed by atoms with van der Waals surface area (Å²) >= 11 is 0.854. The van der Waals surface area contributed by atoms with Crippen LogP contribution >= 0.6 is 11.9 Å². The molecule has 0 saturated carbocycles. The average molecular weight is 208 g/mol. The second-order valence-electron chi connectivity index (χ2n) is 2.54. The van der Waals surface area contributed by atoms with Crippen molar-refractivity contribution in [2.24, 2.45) is 0 Å². The quantitative estimate of drug-likeness (QED) is 0.547. The van der Waals surface area contributed by atoms with Gasteiger partial charge in [0.15, 0.2) is 0 Å². The van der Waals surface area contributed by atoms with Crippen LogP contribution in [0.2, 0.25) is 0 Å². The van der Waals surface area contributed by atoms with Crippen molar-refractivity contribution in [3.63, 3.8) is 0 Å². The molecule has 0 aliphatic carbocycles. The maximum Gasteiger partial charge on any atom is 0.414 e. The van der Waals surface area contributed by atoms with Crippen molar-refractivity contribution < 1.29 is 19.8 Å². The molecule has 6 nitrogen and oxygen atoms in total. The molecule has 0 unspecified atom stereocenters. The lowest BCUT2D eigenvalue weighted by atomic mass is 10.3. The molecular formula is C6H12N2O4S. The Kier molecular flexibility index (Phi) is 5.24. The van der Waals surface area contributed by atoms with Crippen molar-refractivity contribution >= 4 is 24.0 Å². The summed E-state index contributed by atoms with van der Waals surface area (Å²) in [5, 5.41) is 16.9. The normalized spacial score (nSPS) is 12.5. The number of carboxylic acids is 1. The molecule has 13 heavy (non-hydrogen) atoms. The summed E-state index contributed by atoms with van der Waals surface area (Å²) in [6.45, 7) is 0. The van der Waals surface area contributed by atoms with Crippen molar-refractivity contribution in [1.82, 2.24) is 9.62 Å². The monoisotopic (exact) mass is 208 g/mol. The van der Waals surface area contributed by atoms with E-state index in [1.54, 1.807) is 14.1 Å². The van der Waals surface area contributed by atoms with Crippen molar-refractivity contribution in [1.29, 1.82) is 0 Å². The number of hydrogen-bond acceptors (Lipinski definition) is 4. The van der Waals surface area contributed by atoms with Gasteiger partial charge in [0.2, 0.25) is 0 Å². The molecule has 0 heterocycles. The fourth-order valence-corrected chi connectivity index (χ4v) is 1.43. The van der Waals surface area contributed by atoms with Crippen LogP contribution in [-0.4, -0.2) is 53.1 Å². The third-order valence-corrected chi connectivity index (χ3v) is 2.11. The summed E-state index contributed by atoms with van der Waals surface area (Å²) in [5.74, 6) is -0.793. The Morgan fingerprint density at radius 3 is 2.31 bits per heavy atom. The number of aliphatic carboxylic acids is 1. The van der Waals surface area contributed by atoms with E-state index in [0.29, 0.717) is 0 Å². The molecule has 0 aliphatic heterocycles. The van der Waals surface area contributed by atoms with Gasteiger partial charge in [0.1, 0.15) is 6.04 Å². The second-order valence-corrected chi connectivity index (χ2v) is 3.36. The Morgan fingerprint density at radius 2 is 2.00 bits per heavy atom.